The number of unbranched alkanes of at least 4 members (excludes halogenated alkanes) is 1. The second-order valence-corrected chi connectivity index (χ2v) is 5.16. The number of rotatable bonds is 8. The summed E-state index contributed by atoms with van der Waals surface area (Å²) < 4.78 is 2.36. The molecule has 0 bridgehead atoms. The van der Waals surface area contributed by atoms with Gasteiger partial charge in [0.05, 0.1) is 0 Å². The lowest BCUT2D eigenvalue weighted by molar-refractivity contribution is 0.617. The van der Waals surface area contributed by atoms with Crippen molar-refractivity contribution in [3.05, 3.63) is 36.0 Å². The summed E-state index contributed by atoms with van der Waals surface area (Å²) in [5, 5.41) is 4.91. The first kappa shape index (κ1) is 14.1. The molecule has 1 N–H and O–H groups in total. The maximum atomic E-state index is 3.47. The predicted octanol–water partition coefficient (Wildman–Crippen LogP) is 3.98. The number of nitrogens with zero attached hydrogens (tertiary/aromatic N) is 1. The van der Waals surface area contributed by atoms with E-state index in [0.29, 0.717) is 0 Å². The molecule has 0 fully saturated rings. The van der Waals surface area contributed by atoms with Gasteiger partial charge in [-0.2, -0.15) is 0 Å². The number of aryl methyl sites for hydroxylation is 2. The molecule has 1 aromatic heterocycles. The molecule has 0 aliphatic carbocycles. The van der Waals surface area contributed by atoms with Crippen molar-refractivity contribution in [2.24, 2.45) is 0 Å². The number of aromatic nitrogens is 1. The fraction of sp³-hybridized carbons (Fsp3) is 0.529. The molecule has 2 rings (SSSR count). The summed E-state index contributed by atoms with van der Waals surface area (Å²) in [5.74, 6) is 0. The van der Waals surface area contributed by atoms with Crippen LogP contribution in [0.25, 0.3) is 10.9 Å². The Morgan fingerprint density at radius 1 is 1.05 bits per heavy atom. The monoisotopic (exact) mass is 258 g/mol. The molecule has 0 saturated heterocycles. The molecule has 0 amide bonds. The second kappa shape index (κ2) is 7.34. The average Bonchev–Trinajstić information content (AvgIpc) is 2.81. The zero-order valence-corrected chi connectivity index (χ0v) is 12.3. The highest BCUT2D eigenvalue weighted by atomic mass is 14.9. The van der Waals surface area contributed by atoms with E-state index in [9.17, 15) is 0 Å². The smallest absolute Gasteiger partial charge is 0.0483 e. The van der Waals surface area contributed by atoms with Crippen molar-refractivity contribution in [1.82, 2.24) is 9.88 Å². The minimum atomic E-state index is 1.05. The van der Waals surface area contributed by atoms with Gasteiger partial charge in [0.1, 0.15) is 0 Å². The number of nitrogens with one attached hydrogen (secondary N) is 1. The maximum Gasteiger partial charge on any atom is 0.0483 e. The van der Waals surface area contributed by atoms with E-state index in [1.807, 2.05) is 0 Å². The van der Waals surface area contributed by atoms with Crippen LogP contribution in [-0.2, 0) is 13.0 Å². The van der Waals surface area contributed by atoms with Gasteiger partial charge < -0.3 is 9.88 Å². The van der Waals surface area contributed by atoms with Crippen LogP contribution in [0.3, 0.4) is 0 Å². The van der Waals surface area contributed by atoms with Gasteiger partial charge in [0.25, 0.3) is 0 Å². The summed E-state index contributed by atoms with van der Waals surface area (Å²) in [6.45, 7) is 7.78. The Morgan fingerprint density at radius 3 is 2.68 bits per heavy atom. The average molecular weight is 258 g/mol. The van der Waals surface area contributed by atoms with Gasteiger partial charge in [-0.15, -0.1) is 0 Å². The van der Waals surface area contributed by atoms with Crippen LogP contribution in [0.5, 0.6) is 0 Å². The predicted molar refractivity (Wildman–Crippen MR) is 83.7 cm³/mol. The fourth-order valence-corrected chi connectivity index (χ4v) is 2.65. The van der Waals surface area contributed by atoms with Crippen molar-refractivity contribution >= 4 is 10.9 Å². The second-order valence-electron chi connectivity index (χ2n) is 5.16. The van der Waals surface area contributed by atoms with E-state index in [-0.39, 0.29) is 0 Å². The molecule has 0 atom stereocenters. The molecule has 0 saturated carbocycles. The molecule has 2 nitrogen and oxygen atoms in total. The van der Waals surface area contributed by atoms with Crippen LogP contribution in [0.4, 0.5) is 0 Å². The zero-order chi connectivity index (χ0) is 13.5. The lowest BCUT2D eigenvalue weighted by atomic mass is 10.1. The third kappa shape index (κ3) is 3.60. The highest BCUT2D eigenvalue weighted by Gasteiger charge is 2.06. The zero-order valence-electron chi connectivity index (χ0n) is 12.3. The third-order valence-corrected chi connectivity index (χ3v) is 3.69. The van der Waals surface area contributed by atoms with Gasteiger partial charge in [0.2, 0.25) is 0 Å². The Balaban J connectivity index is 1.93. The van der Waals surface area contributed by atoms with E-state index in [1.165, 1.54) is 42.1 Å². The molecule has 0 aliphatic heterocycles. The third-order valence-electron chi connectivity index (χ3n) is 3.69. The van der Waals surface area contributed by atoms with Crippen molar-refractivity contribution in [2.75, 3.05) is 13.1 Å². The Bertz CT molecular complexity index is 499. The van der Waals surface area contributed by atoms with Crippen LogP contribution in [0.1, 0.15) is 38.7 Å². The van der Waals surface area contributed by atoms with Gasteiger partial charge in [0, 0.05) is 23.6 Å². The summed E-state index contributed by atoms with van der Waals surface area (Å²) in [6.07, 6.45) is 7.30. The molecule has 1 aromatic carbocycles. The Kier molecular flexibility index (Phi) is 5.46. The van der Waals surface area contributed by atoms with Crippen LogP contribution < -0.4 is 5.32 Å². The summed E-state index contributed by atoms with van der Waals surface area (Å²) in [4.78, 5) is 0. The molecule has 19 heavy (non-hydrogen) atoms. The number of fused-ring (bicyclic) bond motifs is 1. The van der Waals surface area contributed by atoms with Crippen LogP contribution in [0, 0.1) is 0 Å². The topological polar surface area (TPSA) is 17.0 Å². The van der Waals surface area contributed by atoms with E-state index in [2.05, 4.69) is 54.2 Å². The minimum absolute atomic E-state index is 1.05. The van der Waals surface area contributed by atoms with E-state index in [1.54, 1.807) is 0 Å². The van der Waals surface area contributed by atoms with E-state index in [0.717, 1.165) is 19.6 Å². The van der Waals surface area contributed by atoms with Gasteiger partial charge in [-0.3, -0.25) is 0 Å². The van der Waals surface area contributed by atoms with E-state index < -0.39 is 0 Å². The Labute approximate surface area is 116 Å². The summed E-state index contributed by atoms with van der Waals surface area (Å²) in [6, 6.07) is 8.76. The number of para-hydroxylation sites is 1. The Morgan fingerprint density at radius 2 is 1.89 bits per heavy atom. The molecule has 1 heterocycles. The van der Waals surface area contributed by atoms with Crippen LogP contribution >= 0.6 is 0 Å². The fourth-order valence-electron chi connectivity index (χ4n) is 2.65. The Hall–Kier alpha value is -1.28. The lowest BCUT2D eigenvalue weighted by Gasteiger charge is -2.02. The van der Waals surface area contributed by atoms with Crippen molar-refractivity contribution < 1.29 is 0 Å². The van der Waals surface area contributed by atoms with Gasteiger partial charge >= 0.3 is 0 Å². The number of benzene rings is 1. The molecule has 2 heteroatoms. The first-order chi connectivity index (χ1) is 9.36. The molecule has 0 radical (unpaired) electrons. The maximum absolute atomic E-state index is 3.47. The van der Waals surface area contributed by atoms with Crippen LogP contribution in [-0.4, -0.2) is 17.7 Å². The molecule has 0 spiro atoms. The van der Waals surface area contributed by atoms with Gasteiger partial charge in [-0.1, -0.05) is 25.1 Å². The highest BCUT2D eigenvalue weighted by Crippen LogP contribution is 2.22. The summed E-state index contributed by atoms with van der Waals surface area (Å²) in [7, 11) is 0. The minimum Gasteiger partial charge on any atom is -0.347 e. The summed E-state index contributed by atoms with van der Waals surface area (Å²) >= 11 is 0. The van der Waals surface area contributed by atoms with Crippen molar-refractivity contribution in [3.63, 3.8) is 0 Å². The first-order valence-electron chi connectivity index (χ1n) is 7.64. The number of hydrogen-bond acceptors (Lipinski definition) is 1. The van der Waals surface area contributed by atoms with Crippen molar-refractivity contribution in [3.8, 4) is 0 Å². The first-order valence-corrected chi connectivity index (χ1v) is 7.64. The highest BCUT2D eigenvalue weighted by molar-refractivity contribution is 5.83. The lowest BCUT2D eigenvalue weighted by Crippen LogP contribution is -2.15. The SMILES string of the molecule is CCCNCCCCc1cn(CC)c2ccccc12. The molecule has 2 aromatic rings. The molecule has 0 unspecified atom stereocenters. The quantitative estimate of drug-likeness (QED) is 0.709. The van der Waals surface area contributed by atoms with Gasteiger partial charge in [-0.05, 0) is 57.3 Å². The largest absolute Gasteiger partial charge is 0.347 e. The normalized spacial score (nSPS) is 11.3. The molecular formula is C17H26N2. The van der Waals surface area contributed by atoms with Crippen molar-refractivity contribution in [1.29, 1.82) is 0 Å². The standard InChI is InChI=1S/C17H26N2/c1-3-12-18-13-8-7-9-15-14-19(4-2)17-11-6-5-10-16(15)17/h5-6,10-11,14,18H,3-4,7-9,12-13H2,1-2H3. The van der Waals surface area contributed by atoms with Gasteiger partial charge in [0.15, 0.2) is 0 Å². The van der Waals surface area contributed by atoms with Gasteiger partial charge in [-0.25, -0.2) is 0 Å². The van der Waals surface area contributed by atoms with Crippen LogP contribution in [0.15, 0.2) is 30.5 Å². The molecule has 104 valence electrons. The van der Waals surface area contributed by atoms with Crippen molar-refractivity contribution in [2.45, 2.75) is 46.1 Å². The van der Waals surface area contributed by atoms with Crippen LogP contribution in [0.2, 0.25) is 0 Å². The number of hydrogen-bond donors (Lipinski definition) is 1. The molecule has 0 aliphatic rings. The summed E-state index contributed by atoms with van der Waals surface area (Å²) in [5.41, 5.74) is 2.89. The van der Waals surface area contributed by atoms with E-state index >= 15 is 0 Å². The molecular weight excluding hydrogens is 232 g/mol. The van der Waals surface area contributed by atoms with E-state index in [4.69, 9.17) is 0 Å².